The first-order chi connectivity index (χ1) is 10.2. The fourth-order valence-corrected chi connectivity index (χ4v) is 2.87. The fraction of sp³-hybridized carbons (Fsp3) is 0.263. The predicted octanol–water partition coefficient (Wildman–Crippen LogP) is 2.49. The lowest BCUT2D eigenvalue weighted by Crippen LogP contribution is -2.21. The highest BCUT2D eigenvalue weighted by Crippen LogP contribution is 2.16. The molecule has 1 aliphatic rings. The second kappa shape index (κ2) is 5.65. The summed E-state index contributed by atoms with van der Waals surface area (Å²) in [6.45, 7) is 2.82. The summed E-state index contributed by atoms with van der Waals surface area (Å²) in [5.74, 6) is 0.969. The Labute approximate surface area is 126 Å². The van der Waals surface area contributed by atoms with Gasteiger partial charge in [-0.15, -0.1) is 0 Å². The van der Waals surface area contributed by atoms with Gasteiger partial charge in [-0.1, -0.05) is 43.3 Å². The maximum atomic E-state index is 6.03. The quantitative estimate of drug-likeness (QED) is 0.837. The molecule has 0 saturated carbocycles. The first-order valence-corrected chi connectivity index (χ1v) is 7.42. The van der Waals surface area contributed by atoms with Crippen LogP contribution in [0.25, 0.3) is 11.8 Å². The minimum Gasteiger partial charge on any atom is -0.488 e. The zero-order chi connectivity index (χ0) is 14.8. The summed E-state index contributed by atoms with van der Waals surface area (Å²) in [4.78, 5) is 2.18. The van der Waals surface area contributed by atoms with E-state index in [9.17, 15) is 0 Å². The molecule has 0 N–H and O–H groups in total. The lowest BCUT2D eigenvalue weighted by atomic mass is 10.1. The fourth-order valence-electron chi connectivity index (χ4n) is 2.87. The molecule has 0 unspecified atom stereocenters. The zero-order valence-corrected chi connectivity index (χ0v) is 12.9. The van der Waals surface area contributed by atoms with E-state index >= 15 is 0 Å². The second-order valence-electron chi connectivity index (χ2n) is 5.58. The molecule has 0 bridgehead atoms. The summed E-state index contributed by atoms with van der Waals surface area (Å²) in [5, 5.41) is 2.39. The zero-order valence-electron chi connectivity index (χ0n) is 12.9. The molecule has 0 radical (unpaired) electrons. The molecule has 2 nitrogen and oxygen atoms in total. The third-order valence-corrected chi connectivity index (χ3v) is 3.97. The molecule has 2 aromatic carbocycles. The van der Waals surface area contributed by atoms with Crippen molar-refractivity contribution in [2.45, 2.75) is 20.0 Å². The van der Waals surface area contributed by atoms with Crippen LogP contribution in [0.3, 0.4) is 0 Å². The smallest absolute Gasteiger partial charge is 0.127 e. The third kappa shape index (κ3) is 2.66. The van der Waals surface area contributed by atoms with Crippen LogP contribution in [-0.4, -0.2) is 19.0 Å². The summed E-state index contributed by atoms with van der Waals surface area (Å²) in [5.41, 5.74) is 3.81. The van der Waals surface area contributed by atoms with Crippen molar-refractivity contribution in [2.75, 3.05) is 14.1 Å². The number of ether oxygens (including phenoxy) is 1. The van der Waals surface area contributed by atoms with Crippen molar-refractivity contribution >= 4 is 11.8 Å². The van der Waals surface area contributed by atoms with Gasteiger partial charge in [0, 0.05) is 25.0 Å². The number of nitrogens with zero attached hydrogens (tertiary/aromatic N) is 1. The van der Waals surface area contributed by atoms with E-state index in [1.807, 2.05) is 0 Å². The molecule has 0 spiro atoms. The monoisotopic (exact) mass is 279 g/mol. The van der Waals surface area contributed by atoms with Gasteiger partial charge in [0.2, 0.25) is 0 Å². The van der Waals surface area contributed by atoms with Crippen molar-refractivity contribution in [3.05, 3.63) is 64.0 Å². The molecule has 21 heavy (non-hydrogen) atoms. The highest BCUT2D eigenvalue weighted by Gasteiger charge is 2.08. The predicted molar refractivity (Wildman–Crippen MR) is 87.4 cm³/mol. The Hall–Kier alpha value is -2.22. The van der Waals surface area contributed by atoms with Crippen molar-refractivity contribution in [2.24, 2.45) is 0 Å². The Morgan fingerprint density at radius 2 is 1.95 bits per heavy atom. The van der Waals surface area contributed by atoms with Gasteiger partial charge in [-0.25, -0.2) is 0 Å². The van der Waals surface area contributed by atoms with Crippen LogP contribution in [0.5, 0.6) is 5.75 Å². The van der Waals surface area contributed by atoms with Gasteiger partial charge in [-0.3, -0.25) is 0 Å². The van der Waals surface area contributed by atoms with Gasteiger partial charge >= 0.3 is 0 Å². The van der Waals surface area contributed by atoms with Crippen LogP contribution in [-0.2, 0) is 6.61 Å². The topological polar surface area (TPSA) is 12.5 Å². The van der Waals surface area contributed by atoms with Crippen molar-refractivity contribution < 1.29 is 4.74 Å². The number of hydrogen-bond acceptors (Lipinski definition) is 2. The first kappa shape index (κ1) is 13.7. The highest BCUT2D eigenvalue weighted by molar-refractivity contribution is 5.57. The summed E-state index contributed by atoms with van der Waals surface area (Å²) in [7, 11) is 4.18. The van der Waals surface area contributed by atoms with Gasteiger partial charge in [0.05, 0.1) is 0 Å². The molecule has 0 saturated heterocycles. The first-order valence-electron chi connectivity index (χ1n) is 7.42. The SMILES string of the molecule is CCC(=c1ccc2c(c1)OCc1ccccc1C=2)N(C)C. The molecule has 1 heterocycles. The van der Waals surface area contributed by atoms with Crippen molar-refractivity contribution in [1.29, 1.82) is 0 Å². The van der Waals surface area contributed by atoms with Crippen molar-refractivity contribution in [3.63, 3.8) is 0 Å². The van der Waals surface area contributed by atoms with Crippen LogP contribution >= 0.6 is 0 Å². The van der Waals surface area contributed by atoms with E-state index in [4.69, 9.17) is 4.74 Å². The summed E-state index contributed by atoms with van der Waals surface area (Å²) in [6, 6.07) is 14.9. The number of benzene rings is 2. The van der Waals surface area contributed by atoms with Crippen LogP contribution in [0, 0.1) is 0 Å². The van der Waals surface area contributed by atoms with Gasteiger partial charge in [0.1, 0.15) is 12.4 Å². The lowest BCUT2D eigenvalue weighted by molar-refractivity contribution is 0.305. The molecule has 0 fully saturated rings. The third-order valence-electron chi connectivity index (χ3n) is 3.97. The van der Waals surface area contributed by atoms with Crippen molar-refractivity contribution in [1.82, 2.24) is 4.90 Å². The van der Waals surface area contributed by atoms with E-state index in [0.717, 1.165) is 17.4 Å². The van der Waals surface area contributed by atoms with Gasteiger partial charge in [0.15, 0.2) is 0 Å². The van der Waals surface area contributed by atoms with E-state index in [1.54, 1.807) is 0 Å². The van der Waals surface area contributed by atoms with Crippen LogP contribution in [0.2, 0.25) is 0 Å². The molecular weight excluding hydrogens is 258 g/mol. The van der Waals surface area contributed by atoms with E-state index < -0.39 is 0 Å². The van der Waals surface area contributed by atoms with Gasteiger partial charge in [-0.2, -0.15) is 0 Å². The van der Waals surface area contributed by atoms with Crippen LogP contribution in [0.1, 0.15) is 24.5 Å². The summed E-state index contributed by atoms with van der Waals surface area (Å²) >= 11 is 0. The minimum atomic E-state index is 0.631. The maximum Gasteiger partial charge on any atom is 0.127 e. The van der Waals surface area contributed by atoms with E-state index in [1.165, 1.54) is 22.0 Å². The molecule has 0 amide bonds. The maximum absolute atomic E-state index is 6.03. The molecule has 2 aromatic rings. The Kier molecular flexibility index (Phi) is 3.70. The average molecular weight is 279 g/mol. The van der Waals surface area contributed by atoms with E-state index in [0.29, 0.717) is 6.61 Å². The lowest BCUT2D eigenvalue weighted by Gasteiger charge is -2.16. The molecule has 0 aliphatic carbocycles. The van der Waals surface area contributed by atoms with Crippen LogP contribution in [0.4, 0.5) is 0 Å². The Bertz CT molecular complexity index is 774. The van der Waals surface area contributed by atoms with Gasteiger partial charge in [0.25, 0.3) is 0 Å². The molecule has 3 rings (SSSR count). The van der Waals surface area contributed by atoms with Crippen molar-refractivity contribution in [3.8, 4) is 5.75 Å². The standard InChI is InChI=1S/C19H21NO/c1-4-18(20(2)3)15-9-10-16-11-14-7-5-6-8-17(14)13-21-19(16)12-15/h5-12H,4,13H2,1-3H3. The number of hydrogen-bond donors (Lipinski definition) is 0. The van der Waals surface area contributed by atoms with E-state index in [-0.39, 0.29) is 0 Å². The number of fused-ring (bicyclic) bond motifs is 2. The molecule has 2 heteroatoms. The van der Waals surface area contributed by atoms with Crippen LogP contribution < -0.4 is 15.2 Å². The summed E-state index contributed by atoms with van der Waals surface area (Å²) < 4.78 is 6.03. The summed E-state index contributed by atoms with van der Waals surface area (Å²) in [6.07, 6.45) is 3.22. The highest BCUT2D eigenvalue weighted by atomic mass is 16.5. The Morgan fingerprint density at radius 1 is 1.14 bits per heavy atom. The Balaban J connectivity index is 2.18. The average Bonchev–Trinajstić information content (AvgIpc) is 2.66. The van der Waals surface area contributed by atoms with Crippen LogP contribution in [0.15, 0.2) is 42.5 Å². The molecule has 0 aromatic heterocycles. The molecule has 1 aliphatic heterocycles. The second-order valence-corrected chi connectivity index (χ2v) is 5.58. The normalized spacial score (nSPS) is 14.0. The molecule has 108 valence electrons. The van der Waals surface area contributed by atoms with Gasteiger partial charge in [-0.05, 0) is 34.9 Å². The van der Waals surface area contributed by atoms with E-state index in [2.05, 4.69) is 74.5 Å². The number of rotatable bonds is 2. The minimum absolute atomic E-state index is 0.631. The van der Waals surface area contributed by atoms with Gasteiger partial charge < -0.3 is 9.64 Å². The Morgan fingerprint density at radius 3 is 2.71 bits per heavy atom. The molecular formula is C19H21NO. The molecule has 0 atom stereocenters. The largest absolute Gasteiger partial charge is 0.488 e.